The van der Waals surface area contributed by atoms with E-state index in [9.17, 15) is 14.4 Å². The van der Waals surface area contributed by atoms with E-state index in [4.69, 9.17) is 9.47 Å². The number of amides is 2. The molecule has 0 aliphatic rings. The van der Waals surface area contributed by atoms with Crippen LogP contribution in [0.25, 0.3) is 0 Å². The quantitative estimate of drug-likeness (QED) is 0.745. The lowest BCUT2D eigenvalue weighted by molar-refractivity contribution is -0.157. The number of carbonyl (C=O) groups is 3. The number of esters is 1. The third kappa shape index (κ3) is 6.36. The van der Waals surface area contributed by atoms with E-state index in [0.717, 1.165) is 0 Å². The zero-order chi connectivity index (χ0) is 16.5. The van der Waals surface area contributed by atoms with Gasteiger partial charge in [-0.25, -0.2) is 4.79 Å². The Balaban J connectivity index is 2.49. The Morgan fingerprint density at radius 2 is 1.64 bits per heavy atom. The first-order valence-corrected chi connectivity index (χ1v) is 6.88. The molecule has 22 heavy (non-hydrogen) atoms. The topological polar surface area (TPSA) is 93.7 Å². The predicted octanol–water partition coefficient (Wildman–Crippen LogP) is 1.55. The van der Waals surface area contributed by atoms with Gasteiger partial charge in [-0.1, -0.05) is 0 Å². The van der Waals surface area contributed by atoms with Crippen LogP contribution in [0, 0.1) is 0 Å². The number of hydrogen-bond acceptors (Lipinski definition) is 5. The molecule has 2 N–H and O–H groups in total. The number of nitrogens with one attached hydrogen (secondary N) is 2. The summed E-state index contributed by atoms with van der Waals surface area (Å²) in [5, 5.41) is 5.23. The molecular formula is C15H20N2O5. The van der Waals surface area contributed by atoms with Crippen molar-refractivity contribution in [2.45, 2.75) is 26.9 Å². The maximum Gasteiger partial charge on any atom is 0.332 e. The van der Waals surface area contributed by atoms with Crippen molar-refractivity contribution >= 4 is 29.2 Å². The maximum absolute atomic E-state index is 11.9. The van der Waals surface area contributed by atoms with Crippen molar-refractivity contribution in [1.29, 1.82) is 0 Å². The van der Waals surface area contributed by atoms with Gasteiger partial charge in [-0.05, 0) is 38.1 Å². The molecule has 0 aliphatic heterocycles. The van der Waals surface area contributed by atoms with Crippen LogP contribution in [0.15, 0.2) is 24.3 Å². The Morgan fingerprint density at radius 1 is 1.09 bits per heavy atom. The second kappa shape index (κ2) is 8.78. The molecule has 0 spiro atoms. The van der Waals surface area contributed by atoms with Gasteiger partial charge in [0, 0.05) is 24.9 Å². The normalized spacial score (nSPS) is 11.4. The van der Waals surface area contributed by atoms with Gasteiger partial charge in [0.05, 0.1) is 0 Å². The van der Waals surface area contributed by atoms with Gasteiger partial charge in [0.25, 0.3) is 5.91 Å². The van der Waals surface area contributed by atoms with E-state index in [-0.39, 0.29) is 12.5 Å². The summed E-state index contributed by atoms with van der Waals surface area (Å²) in [5.41, 5.74) is 1.16. The Bertz CT molecular complexity index is 527. The van der Waals surface area contributed by atoms with Crippen molar-refractivity contribution in [3.8, 4) is 0 Å². The van der Waals surface area contributed by atoms with Crippen molar-refractivity contribution in [2.24, 2.45) is 0 Å². The molecule has 0 unspecified atom stereocenters. The molecule has 1 aromatic carbocycles. The average molecular weight is 308 g/mol. The minimum absolute atomic E-state index is 0.174. The van der Waals surface area contributed by atoms with Gasteiger partial charge in [0.1, 0.15) is 6.61 Å². The highest BCUT2D eigenvalue weighted by Gasteiger charge is 2.17. The fraction of sp³-hybridized carbons (Fsp3) is 0.400. The fourth-order valence-electron chi connectivity index (χ4n) is 1.55. The maximum atomic E-state index is 11.9. The van der Waals surface area contributed by atoms with E-state index in [0.29, 0.717) is 18.0 Å². The van der Waals surface area contributed by atoms with Gasteiger partial charge >= 0.3 is 5.97 Å². The molecule has 0 bridgehead atoms. The summed E-state index contributed by atoms with van der Waals surface area (Å²) in [4.78, 5) is 34.1. The minimum Gasteiger partial charge on any atom is -0.451 e. The van der Waals surface area contributed by atoms with Crippen LogP contribution < -0.4 is 10.6 Å². The molecule has 0 saturated carbocycles. The monoisotopic (exact) mass is 308 g/mol. The van der Waals surface area contributed by atoms with Gasteiger partial charge in [0.2, 0.25) is 5.91 Å². The van der Waals surface area contributed by atoms with Crippen LogP contribution in [0.1, 0.15) is 20.8 Å². The zero-order valence-electron chi connectivity index (χ0n) is 12.8. The molecule has 0 heterocycles. The van der Waals surface area contributed by atoms with Gasteiger partial charge < -0.3 is 20.1 Å². The Labute approximate surface area is 129 Å². The molecule has 1 aromatic rings. The largest absolute Gasteiger partial charge is 0.451 e. The van der Waals surface area contributed by atoms with E-state index in [2.05, 4.69) is 10.6 Å². The third-order valence-electron chi connectivity index (χ3n) is 2.57. The highest BCUT2D eigenvalue weighted by atomic mass is 16.6. The standard InChI is InChI=1S/C15H20N2O5/c1-4-21-9-14(19)22-10(2)15(20)17-13-7-5-12(6-8-13)16-11(3)18/h5-8,10H,4,9H2,1-3H3,(H,16,18)(H,17,20)/t10-/m0/s1. The van der Waals surface area contributed by atoms with E-state index in [1.54, 1.807) is 31.2 Å². The molecule has 0 saturated heterocycles. The smallest absolute Gasteiger partial charge is 0.332 e. The van der Waals surface area contributed by atoms with Gasteiger partial charge in [-0.15, -0.1) is 0 Å². The molecule has 7 heteroatoms. The summed E-state index contributed by atoms with van der Waals surface area (Å²) in [6.07, 6.45) is -0.928. The first-order valence-electron chi connectivity index (χ1n) is 6.88. The van der Waals surface area contributed by atoms with Crippen molar-refractivity contribution < 1.29 is 23.9 Å². The summed E-state index contributed by atoms with van der Waals surface area (Å²) < 4.78 is 9.83. The summed E-state index contributed by atoms with van der Waals surface area (Å²) in [7, 11) is 0. The van der Waals surface area contributed by atoms with Crippen molar-refractivity contribution in [1.82, 2.24) is 0 Å². The van der Waals surface area contributed by atoms with Crippen LogP contribution in [-0.4, -0.2) is 37.1 Å². The third-order valence-corrected chi connectivity index (χ3v) is 2.57. The lowest BCUT2D eigenvalue weighted by Gasteiger charge is -2.13. The molecule has 120 valence electrons. The molecule has 0 aliphatic carbocycles. The molecule has 0 fully saturated rings. The van der Waals surface area contributed by atoms with Crippen LogP contribution >= 0.6 is 0 Å². The molecule has 0 aromatic heterocycles. The fourth-order valence-corrected chi connectivity index (χ4v) is 1.55. The highest BCUT2D eigenvalue weighted by Crippen LogP contribution is 2.14. The predicted molar refractivity (Wildman–Crippen MR) is 81.4 cm³/mol. The Hall–Kier alpha value is -2.41. The summed E-state index contributed by atoms with van der Waals surface area (Å²) >= 11 is 0. The number of benzene rings is 1. The molecule has 7 nitrogen and oxygen atoms in total. The summed E-state index contributed by atoms with van der Waals surface area (Å²) in [6, 6.07) is 6.58. The first kappa shape index (κ1) is 17.6. The van der Waals surface area contributed by atoms with Crippen LogP contribution in [0.3, 0.4) is 0 Å². The van der Waals surface area contributed by atoms with E-state index in [1.165, 1.54) is 13.8 Å². The van der Waals surface area contributed by atoms with Crippen molar-refractivity contribution in [3.63, 3.8) is 0 Å². The van der Waals surface area contributed by atoms with Crippen LogP contribution in [0.4, 0.5) is 11.4 Å². The lowest BCUT2D eigenvalue weighted by Crippen LogP contribution is -2.31. The van der Waals surface area contributed by atoms with E-state index < -0.39 is 18.0 Å². The van der Waals surface area contributed by atoms with Crippen LogP contribution in [0.5, 0.6) is 0 Å². The second-order valence-corrected chi connectivity index (χ2v) is 4.52. The van der Waals surface area contributed by atoms with E-state index >= 15 is 0 Å². The minimum atomic E-state index is -0.928. The molecule has 1 rings (SSSR count). The molecule has 1 atom stereocenters. The summed E-state index contributed by atoms with van der Waals surface area (Å²) in [6.45, 7) is 4.86. The number of hydrogen-bond donors (Lipinski definition) is 2. The number of carbonyl (C=O) groups excluding carboxylic acids is 3. The number of anilines is 2. The van der Waals surface area contributed by atoms with Gasteiger partial charge in [-0.3, -0.25) is 9.59 Å². The van der Waals surface area contributed by atoms with Gasteiger partial charge in [-0.2, -0.15) is 0 Å². The summed E-state index contributed by atoms with van der Waals surface area (Å²) in [5.74, 6) is -1.21. The van der Waals surface area contributed by atoms with Gasteiger partial charge in [0.15, 0.2) is 6.10 Å². The first-order chi connectivity index (χ1) is 10.4. The SMILES string of the molecule is CCOCC(=O)O[C@@H](C)C(=O)Nc1ccc(NC(C)=O)cc1. The second-order valence-electron chi connectivity index (χ2n) is 4.52. The zero-order valence-corrected chi connectivity index (χ0v) is 12.8. The molecule has 0 radical (unpaired) electrons. The highest BCUT2D eigenvalue weighted by molar-refractivity contribution is 5.95. The van der Waals surface area contributed by atoms with Crippen LogP contribution in [-0.2, 0) is 23.9 Å². The Kier molecular flexibility index (Phi) is 7.04. The average Bonchev–Trinajstić information content (AvgIpc) is 2.46. The van der Waals surface area contributed by atoms with Crippen molar-refractivity contribution in [2.75, 3.05) is 23.8 Å². The molecular weight excluding hydrogens is 288 g/mol. The van der Waals surface area contributed by atoms with E-state index in [1.807, 2.05) is 0 Å². The number of rotatable bonds is 7. The van der Waals surface area contributed by atoms with Crippen LogP contribution in [0.2, 0.25) is 0 Å². The Morgan fingerprint density at radius 3 is 2.14 bits per heavy atom. The lowest BCUT2D eigenvalue weighted by atomic mass is 10.2. The van der Waals surface area contributed by atoms with Crippen molar-refractivity contribution in [3.05, 3.63) is 24.3 Å². The number of ether oxygens (including phenoxy) is 2. The molecule has 2 amide bonds.